The highest BCUT2D eigenvalue weighted by molar-refractivity contribution is 7.16. The number of nitrogens with zero attached hydrogens (tertiary/aromatic N) is 1. The summed E-state index contributed by atoms with van der Waals surface area (Å²) in [6.45, 7) is 0.0970. The summed E-state index contributed by atoms with van der Waals surface area (Å²) in [4.78, 5) is 38.0. The maximum atomic E-state index is 13.1. The summed E-state index contributed by atoms with van der Waals surface area (Å²) in [5.74, 6) is -1.24. The Morgan fingerprint density at radius 3 is 2.52 bits per heavy atom. The minimum absolute atomic E-state index is 0.0819. The topological polar surface area (TPSA) is 74.6 Å². The van der Waals surface area contributed by atoms with Gasteiger partial charge in [0.15, 0.2) is 0 Å². The van der Waals surface area contributed by atoms with E-state index >= 15 is 0 Å². The molecule has 4 rings (SSSR count). The maximum absolute atomic E-state index is 13.1. The Morgan fingerprint density at radius 2 is 1.76 bits per heavy atom. The van der Waals surface area contributed by atoms with Gasteiger partial charge in [0.1, 0.15) is 6.61 Å². The van der Waals surface area contributed by atoms with Crippen LogP contribution in [0.3, 0.4) is 0 Å². The van der Waals surface area contributed by atoms with Crippen molar-refractivity contribution in [1.82, 2.24) is 4.57 Å². The molecule has 6 nitrogen and oxygen atoms in total. The Kier molecular flexibility index (Phi) is 5.14. The molecule has 2 aliphatic heterocycles. The van der Waals surface area contributed by atoms with Crippen LogP contribution in [-0.2, 0) is 27.3 Å². The van der Waals surface area contributed by atoms with Crippen LogP contribution in [0.15, 0.2) is 64.8 Å². The third kappa shape index (κ3) is 3.52. The molecule has 0 unspecified atom stereocenters. The molecule has 0 fully saturated rings. The summed E-state index contributed by atoms with van der Waals surface area (Å²) in [5, 5.41) is 1.73. The Hall–Kier alpha value is -3.45. The number of fused-ring (bicyclic) bond motifs is 3. The second-order valence-corrected chi connectivity index (χ2v) is 7.31. The van der Waals surface area contributed by atoms with Crippen molar-refractivity contribution in [1.29, 1.82) is 0 Å². The van der Waals surface area contributed by atoms with Gasteiger partial charge >= 0.3 is 11.9 Å². The molecule has 0 aromatic heterocycles. The Bertz CT molecular complexity index is 1230. The summed E-state index contributed by atoms with van der Waals surface area (Å²) >= 11 is 1.41. The molecule has 2 heterocycles. The summed E-state index contributed by atoms with van der Waals surface area (Å²) < 4.78 is 12.5. The van der Waals surface area contributed by atoms with Gasteiger partial charge in [0, 0.05) is 10.9 Å². The summed E-state index contributed by atoms with van der Waals surface area (Å²) in [6.07, 6.45) is -0.309. The maximum Gasteiger partial charge on any atom is 0.340 e. The van der Waals surface area contributed by atoms with E-state index in [4.69, 9.17) is 9.47 Å². The molecule has 7 heteroatoms. The molecule has 0 aliphatic carbocycles. The average molecular weight is 407 g/mol. The molecular formula is C22H17NO5S. The van der Waals surface area contributed by atoms with Gasteiger partial charge in [-0.1, -0.05) is 42.5 Å². The van der Waals surface area contributed by atoms with E-state index < -0.39 is 17.5 Å². The van der Waals surface area contributed by atoms with Gasteiger partial charge < -0.3 is 9.47 Å². The monoisotopic (exact) mass is 407 g/mol. The highest BCUT2D eigenvalue weighted by Gasteiger charge is 2.29. The van der Waals surface area contributed by atoms with E-state index in [-0.39, 0.29) is 24.2 Å². The lowest BCUT2D eigenvalue weighted by Crippen LogP contribution is -2.19. The van der Waals surface area contributed by atoms with E-state index in [1.807, 2.05) is 48.5 Å². The first kappa shape index (κ1) is 18.9. The normalized spacial score (nSPS) is 10.9. The fourth-order valence-electron chi connectivity index (χ4n) is 3.26. The summed E-state index contributed by atoms with van der Waals surface area (Å²) in [7, 11) is 1.25. The van der Waals surface area contributed by atoms with Crippen molar-refractivity contribution in [2.75, 3.05) is 7.11 Å². The molecule has 0 amide bonds. The molecule has 0 radical (unpaired) electrons. The van der Waals surface area contributed by atoms with Crippen molar-refractivity contribution >= 4 is 33.5 Å². The molecule has 0 saturated carbocycles. The van der Waals surface area contributed by atoms with Gasteiger partial charge in [-0.15, -0.1) is 11.3 Å². The number of carbonyl (C=O) groups is 2. The zero-order valence-electron chi connectivity index (χ0n) is 15.6. The van der Waals surface area contributed by atoms with Crippen LogP contribution in [0.25, 0.3) is 15.9 Å². The van der Waals surface area contributed by atoms with Gasteiger partial charge in [-0.3, -0.25) is 14.2 Å². The zero-order chi connectivity index (χ0) is 20.4. The van der Waals surface area contributed by atoms with Crippen LogP contribution in [-0.4, -0.2) is 23.6 Å². The number of carbonyl (C=O) groups excluding carboxylic acids is 2. The van der Waals surface area contributed by atoms with E-state index in [2.05, 4.69) is 0 Å². The van der Waals surface area contributed by atoms with Crippen LogP contribution in [0.5, 0.6) is 0 Å². The van der Waals surface area contributed by atoms with Crippen LogP contribution in [0.4, 0.5) is 0 Å². The van der Waals surface area contributed by atoms with Crippen molar-refractivity contribution in [3.05, 3.63) is 87.0 Å². The van der Waals surface area contributed by atoms with Crippen LogP contribution in [0.2, 0.25) is 0 Å². The highest BCUT2D eigenvalue weighted by atomic mass is 32.1. The van der Waals surface area contributed by atoms with Crippen LogP contribution in [0, 0.1) is 0 Å². The molecule has 146 valence electrons. The second kappa shape index (κ2) is 7.89. The molecule has 0 atom stereocenters. The van der Waals surface area contributed by atoms with Crippen molar-refractivity contribution in [2.45, 2.75) is 13.0 Å². The number of hydrogen-bond acceptors (Lipinski definition) is 6. The number of aromatic nitrogens is 1. The smallest absolute Gasteiger partial charge is 0.340 e. The number of methoxy groups -OCH3 is 1. The van der Waals surface area contributed by atoms with Crippen molar-refractivity contribution < 1.29 is 19.1 Å². The van der Waals surface area contributed by atoms with Gasteiger partial charge in [0.2, 0.25) is 0 Å². The first-order valence-corrected chi connectivity index (χ1v) is 9.80. The first-order valence-electron chi connectivity index (χ1n) is 8.92. The van der Waals surface area contributed by atoms with Crippen molar-refractivity contribution in [3.8, 4) is 5.69 Å². The molecule has 2 aromatic carbocycles. The number of para-hydroxylation sites is 1. The molecule has 29 heavy (non-hydrogen) atoms. The van der Waals surface area contributed by atoms with E-state index in [0.717, 1.165) is 10.3 Å². The largest absolute Gasteiger partial charge is 0.465 e. The quantitative estimate of drug-likeness (QED) is 0.473. The number of benzene rings is 2. The van der Waals surface area contributed by atoms with Crippen LogP contribution < -0.4 is 5.56 Å². The summed E-state index contributed by atoms with van der Waals surface area (Å²) in [6, 6.07) is 16.6. The van der Waals surface area contributed by atoms with Gasteiger partial charge in [-0.05, 0) is 17.7 Å². The third-order valence-electron chi connectivity index (χ3n) is 4.62. The predicted molar refractivity (Wildman–Crippen MR) is 110 cm³/mol. The zero-order valence-corrected chi connectivity index (χ0v) is 16.4. The van der Waals surface area contributed by atoms with Crippen LogP contribution >= 0.6 is 11.3 Å². The minimum atomic E-state index is -0.655. The molecule has 0 bridgehead atoms. The predicted octanol–water partition coefficient (Wildman–Crippen LogP) is 3.56. The standard InChI is InChI=1S/C22H17NO5S/c1-27-22(26)20-15(11-19(24)28-12-14-7-3-2-4-8-14)21(25)23-16-9-5-6-10-18(16)29-13-17(20)23/h2-10,13H,11-12H2,1H3. The van der Waals surface area contributed by atoms with Crippen molar-refractivity contribution in [3.63, 3.8) is 0 Å². The van der Waals surface area contributed by atoms with E-state index in [0.29, 0.717) is 11.2 Å². The van der Waals surface area contributed by atoms with Gasteiger partial charge in [-0.2, -0.15) is 0 Å². The third-order valence-corrected chi connectivity index (χ3v) is 5.56. The van der Waals surface area contributed by atoms with E-state index in [1.54, 1.807) is 11.4 Å². The van der Waals surface area contributed by atoms with E-state index in [1.165, 1.54) is 23.0 Å². The number of rotatable bonds is 5. The highest BCUT2D eigenvalue weighted by Crippen LogP contribution is 2.29. The van der Waals surface area contributed by atoms with Crippen molar-refractivity contribution in [2.24, 2.45) is 0 Å². The lowest BCUT2D eigenvalue weighted by Gasteiger charge is -2.08. The lowest BCUT2D eigenvalue weighted by atomic mass is 10.1. The number of esters is 2. The van der Waals surface area contributed by atoms with E-state index in [9.17, 15) is 14.4 Å². The molecule has 0 saturated heterocycles. The minimum Gasteiger partial charge on any atom is -0.465 e. The van der Waals surface area contributed by atoms with Crippen LogP contribution in [0.1, 0.15) is 21.5 Å². The fraction of sp³-hybridized carbons (Fsp3) is 0.136. The Balaban J connectivity index is 1.74. The molecule has 2 aliphatic rings. The lowest BCUT2D eigenvalue weighted by molar-refractivity contribution is -0.144. The molecule has 0 N–H and O–H groups in total. The Morgan fingerprint density at radius 1 is 1.03 bits per heavy atom. The van der Waals surface area contributed by atoms with Gasteiger partial charge in [-0.25, -0.2) is 4.79 Å². The number of hydrogen-bond donors (Lipinski definition) is 0. The average Bonchev–Trinajstić information content (AvgIpc) is 3.04. The van der Waals surface area contributed by atoms with Gasteiger partial charge in [0.05, 0.1) is 35.0 Å². The fourth-order valence-corrected chi connectivity index (χ4v) is 4.16. The Labute approximate surface area is 170 Å². The second-order valence-electron chi connectivity index (χ2n) is 6.40. The molecular weight excluding hydrogens is 390 g/mol. The summed E-state index contributed by atoms with van der Waals surface area (Å²) in [5.41, 5.74) is 1.72. The SMILES string of the molecule is COC(=O)c1c2csc3ccccc3n-2c(=O)c1CC(=O)OCc1ccccc1. The number of ether oxygens (including phenoxy) is 2. The molecule has 2 aromatic rings. The first-order chi connectivity index (χ1) is 14.1. The molecule has 0 spiro atoms. The van der Waals surface area contributed by atoms with Gasteiger partial charge in [0.25, 0.3) is 5.56 Å².